The standard InChI is InChI=1S/C22H20ClN6OP/c23-17-12-25-22-27-15-3-1-2-13(10-15)4-5-14-11-16(26-20(17)29-22)6-7-18(14)28-21(30)19(31)8-9-24/h1-3,6-12,24H,4-5,31H2,(H,28,30)(H2,25,26,27,29)/b19-8-,24-9?. The van der Waals surface area contributed by atoms with Crippen LogP contribution >= 0.6 is 20.8 Å². The van der Waals surface area contributed by atoms with E-state index in [1.807, 2.05) is 30.3 Å². The Morgan fingerprint density at radius 2 is 2.00 bits per heavy atom. The molecule has 1 unspecified atom stereocenters. The molecule has 2 heterocycles. The van der Waals surface area contributed by atoms with Crippen molar-refractivity contribution in [1.29, 1.82) is 5.41 Å². The fraction of sp³-hybridized carbons (Fsp3) is 0.0909. The molecule has 0 saturated carbocycles. The van der Waals surface area contributed by atoms with Crippen LogP contribution in [0.3, 0.4) is 0 Å². The highest BCUT2D eigenvalue weighted by molar-refractivity contribution is 7.25. The fourth-order valence-electron chi connectivity index (χ4n) is 3.22. The van der Waals surface area contributed by atoms with Crippen molar-refractivity contribution in [2.45, 2.75) is 12.8 Å². The Bertz CT molecular complexity index is 1200. The van der Waals surface area contributed by atoms with Gasteiger partial charge in [-0.2, -0.15) is 4.98 Å². The van der Waals surface area contributed by atoms with Crippen LogP contribution in [0.1, 0.15) is 11.1 Å². The van der Waals surface area contributed by atoms with Crippen molar-refractivity contribution in [3.8, 4) is 0 Å². The Morgan fingerprint density at radius 3 is 2.84 bits per heavy atom. The number of hydrogen-bond donors (Lipinski definition) is 4. The first-order chi connectivity index (χ1) is 15.0. The molecule has 156 valence electrons. The van der Waals surface area contributed by atoms with Crippen LogP contribution in [0, 0.1) is 5.41 Å². The molecule has 0 saturated heterocycles. The average Bonchev–Trinajstić information content (AvgIpc) is 2.76. The quantitative estimate of drug-likeness (QED) is 0.253. The van der Waals surface area contributed by atoms with Crippen molar-refractivity contribution >= 4 is 61.8 Å². The Kier molecular flexibility index (Phi) is 6.26. The lowest BCUT2D eigenvalue weighted by molar-refractivity contribution is -0.112. The molecule has 6 bridgehead atoms. The molecule has 4 N–H and O–H groups in total. The number of fused-ring (bicyclic) bond motifs is 6. The number of nitrogens with zero attached hydrogens (tertiary/aromatic N) is 2. The van der Waals surface area contributed by atoms with Crippen molar-refractivity contribution in [1.82, 2.24) is 9.97 Å². The Hall–Kier alpha value is -3.28. The molecular formula is C22H20ClN6OP. The highest BCUT2D eigenvalue weighted by Gasteiger charge is 2.13. The van der Waals surface area contributed by atoms with Gasteiger partial charge in [0.15, 0.2) is 5.82 Å². The van der Waals surface area contributed by atoms with E-state index in [1.165, 1.54) is 6.08 Å². The van der Waals surface area contributed by atoms with E-state index in [0.717, 1.165) is 35.1 Å². The van der Waals surface area contributed by atoms with Gasteiger partial charge in [-0.15, -0.1) is 0 Å². The number of anilines is 5. The van der Waals surface area contributed by atoms with Crippen LogP contribution in [0.2, 0.25) is 5.02 Å². The van der Waals surface area contributed by atoms with Gasteiger partial charge in [-0.3, -0.25) is 4.79 Å². The number of amides is 1. The summed E-state index contributed by atoms with van der Waals surface area (Å²) in [4.78, 5) is 21.2. The number of hydrogen-bond acceptors (Lipinski definition) is 6. The normalized spacial score (nSPS) is 12.9. The molecular weight excluding hydrogens is 431 g/mol. The molecule has 0 fully saturated rings. The van der Waals surface area contributed by atoms with Gasteiger partial charge in [0.2, 0.25) is 5.95 Å². The third-order valence-electron chi connectivity index (χ3n) is 4.75. The summed E-state index contributed by atoms with van der Waals surface area (Å²) >= 11 is 6.30. The second-order valence-electron chi connectivity index (χ2n) is 6.96. The van der Waals surface area contributed by atoms with E-state index in [2.05, 4.69) is 47.3 Å². The summed E-state index contributed by atoms with van der Waals surface area (Å²) in [6.07, 6.45) is 5.56. The van der Waals surface area contributed by atoms with Gasteiger partial charge in [-0.05, 0) is 60.4 Å². The highest BCUT2D eigenvalue weighted by atomic mass is 35.5. The monoisotopic (exact) mass is 450 g/mol. The summed E-state index contributed by atoms with van der Waals surface area (Å²) in [5.41, 5.74) is 4.51. The molecule has 31 heavy (non-hydrogen) atoms. The summed E-state index contributed by atoms with van der Waals surface area (Å²) in [5.74, 6) is 0.653. The molecule has 1 atom stereocenters. The zero-order valence-corrected chi connectivity index (χ0v) is 18.4. The number of benzene rings is 2. The molecule has 4 rings (SSSR count). The first kappa shape index (κ1) is 21.0. The highest BCUT2D eigenvalue weighted by Crippen LogP contribution is 2.29. The van der Waals surface area contributed by atoms with Crippen LogP contribution in [0.15, 0.2) is 60.1 Å². The van der Waals surface area contributed by atoms with E-state index in [1.54, 1.807) is 6.20 Å². The first-order valence-electron chi connectivity index (χ1n) is 9.58. The largest absolute Gasteiger partial charge is 0.339 e. The molecule has 2 aromatic carbocycles. The average molecular weight is 451 g/mol. The van der Waals surface area contributed by atoms with E-state index in [-0.39, 0.29) is 5.91 Å². The number of aryl methyl sites for hydroxylation is 2. The number of carbonyl (C=O) groups is 1. The lowest BCUT2D eigenvalue weighted by Crippen LogP contribution is -2.13. The molecule has 0 spiro atoms. The molecule has 7 nitrogen and oxygen atoms in total. The van der Waals surface area contributed by atoms with Gasteiger partial charge in [0.1, 0.15) is 5.02 Å². The maximum Gasteiger partial charge on any atom is 0.255 e. The van der Waals surface area contributed by atoms with Gasteiger partial charge in [0.25, 0.3) is 5.91 Å². The van der Waals surface area contributed by atoms with E-state index >= 15 is 0 Å². The van der Waals surface area contributed by atoms with Crippen molar-refractivity contribution in [2.75, 3.05) is 16.0 Å². The summed E-state index contributed by atoms with van der Waals surface area (Å²) in [6, 6.07) is 13.7. The predicted octanol–water partition coefficient (Wildman–Crippen LogP) is 5.06. The van der Waals surface area contributed by atoms with Crippen molar-refractivity contribution < 1.29 is 4.79 Å². The summed E-state index contributed by atoms with van der Waals surface area (Å²) in [5, 5.41) is 17.3. The number of nitrogens with one attached hydrogen (secondary N) is 4. The third-order valence-corrected chi connectivity index (χ3v) is 5.48. The minimum absolute atomic E-state index is 0.275. The number of carbonyl (C=O) groups excluding carboxylic acids is 1. The zero-order valence-electron chi connectivity index (χ0n) is 16.4. The van der Waals surface area contributed by atoms with Crippen LogP contribution in [0.4, 0.5) is 28.8 Å². The van der Waals surface area contributed by atoms with Gasteiger partial charge in [-0.25, -0.2) is 4.98 Å². The van der Waals surface area contributed by atoms with E-state index in [4.69, 9.17) is 17.0 Å². The van der Waals surface area contributed by atoms with Gasteiger partial charge in [0.05, 0.1) is 6.20 Å². The lowest BCUT2D eigenvalue weighted by Gasteiger charge is -2.14. The number of allylic oxidation sites excluding steroid dienone is 1. The molecule has 1 aromatic heterocycles. The van der Waals surface area contributed by atoms with Crippen LogP contribution in [-0.4, -0.2) is 22.1 Å². The lowest BCUT2D eigenvalue weighted by atomic mass is 10.0. The Balaban J connectivity index is 1.74. The van der Waals surface area contributed by atoms with E-state index in [9.17, 15) is 4.79 Å². The van der Waals surface area contributed by atoms with E-state index < -0.39 is 0 Å². The van der Waals surface area contributed by atoms with Crippen LogP contribution in [-0.2, 0) is 17.6 Å². The van der Waals surface area contributed by atoms with Gasteiger partial charge in [0, 0.05) is 28.6 Å². The SMILES string of the molecule is N=C/C=C(\P)C(=O)Nc1ccc2cc1CCc1cccc(c1)Nc1ncc(Cl)c(n1)N2. The summed E-state index contributed by atoms with van der Waals surface area (Å²) in [7, 11) is 2.35. The van der Waals surface area contributed by atoms with Gasteiger partial charge in [-0.1, -0.05) is 33.0 Å². The summed E-state index contributed by atoms with van der Waals surface area (Å²) in [6.45, 7) is 0. The zero-order chi connectivity index (χ0) is 21.8. The van der Waals surface area contributed by atoms with E-state index in [0.29, 0.717) is 34.2 Å². The maximum absolute atomic E-state index is 12.4. The smallest absolute Gasteiger partial charge is 0.255 e. The second-order valence-corrected chi connectivity index (χ2v) is 7.98. The van der Waals surface area contributed by atoms with Gasteiger partial charge < -0.3 is 21.4 Å². The Labute approximate surface area is 187 Å². The van der Waals surface area contributed by atoms with Crippen molar-refractivity contribution in [2.24, 2.45) is 0 Å². The molecule has 1 aliphatic rings. The molecule has 1 amide bonds. The van der Waals surface area contributed by atoms with Crippen molar-refractivity contribution in [3.05, 3.63) is 76.2 Å². The second kappa shape index (κ2) is 9.25. The van der Waals surface area contributed by atoms with Crippen molar-refractivity contribution in [3.63, 3.8) is 0 Å². The first-order valence-corrected chi connectivity index (χ1v) is 10.5. The summed E-state index contributed by atoms with van der Waals surface area (Å²) < 4.78 is 0. The predicted molar refractivity (Wildman–Crippen MR) is 129 cm³/mol. The van der Waals surface area contributed by atoms with Gasteiger partial charge >= 0.3 is 0 Å². The van der Waals surface area contributed by atoms with Crippen LogP contribution in [0.5, 0.6) is 0 Å². The molecule has 0 aliphatic carbocycles. The van der Waals surface area contributed by atoms with Crippen LogP contribution in [0.25, 0.3) is 0 Å². The van der Waals surface area contributed by atoms with Crippen LogP contribution < -0.4 is 16.0 Å². The number of aromatic nitrogens is 2. The minimum Gasteiger partial charge on any atom is -0.339 e. The third kappa shape index (κ3) is 5.08. The molecule has 3 aromatic rings. The Morgan fingerprint density at radius 1 is 1.16 bits per heavy atom. The molecule has 1 aliphatic heterocycles. The molecule has 0 radical (unpaired) electrons. The fourth-order valence-corrected chi connectivity index (χ4v) is 3.53. The maximum atomic E-state index is 12.4. The molecule has 9 heteroatoms. The number of halogens is 1. The topological polar surface area (TPSA) is 103 Å². The number of rotatable bonds is 3. The minimum atomic E-state index is -0.275.